The number of nitrogens with zero attached hydrogens (tertiary/aromatic N) is 2. The lowest BCUT2D eigenvalue weighted by Crippen LogP contribution is -2.44. The van der Waals surface area contributed by atoms with E-state index < -0.39 is 0 Å². The Hall–Kier alpha value is -1.59. The summed E-state index contributed by atoms with van der Waals surface area (Å²) in [6.45, 7) is 3.65. The van der Waals surface area contributed by atoms with Crippen molar-refractivity contribution in [2.24, 2.45) is 5.92 Å². The first-order valence-corrected chi connectivity index (χ1v) is 8.61. The van der Waals surface area contributed by atoms with Crippen molar-refractivity contribution >= 4 is 23.5 Å². The summed E-state index contributed by atoms with van der Waals surface area (Å²) in [7, 11) is 3.35. The standard InChI is InChI=1S/C18H25ClN2O3/c1-13(14-4-6-16(19)7-5-14)20(2)12-17(22)21-10-8-15(9-11-21)18(23)24-3/h4-7,13,15H,8-12H2,1-3H3/t13-/m0/s1. The minimum Gasteiger partial charge on any atom is -0.469 e. The van der Waals surface area contributed by atoms with Gasteiger partial charge in [0.05, 0.1) is 19.6 Å². The second-order valence-corrected chi connectivity index (χ2v) is 6.76. The first kappa shape index (κ1) is 18.7. The zero-order valence-corrected chi connectivity index (χ0v) is 15.3. The highest BCUT2D eigenvalue weighted by atomic mass is 35.5. The summed E-state index contributed by atoms with van der Waals surface area (Å²) in [4.78, 5) is 27.9. The molecule has 1 heterocycles. The third kappa shape index (κ3) is 4.71. The molecule has 1 aliphatic rings. The second kappa shape index (κ2) is 8.49. The molecule has 0 aromatic heterocycles. The van der Waals surface area contributed by atoms with Gasteiger partial charge >= 0.3 is 5.97 Å². The van der Waals surface area contributed by atoms with E-state index in [2.05, 4.69) is 6.92 Å². The van der Waals surface area contributed by atoms with Crippen molar-refractivity contribution in [3.63, 3.8) is 0 Å². The maximum Gasteiger partial charge on any atom is 0.308 e. The van der Waals surface area contributed by atoms with Gasteiger partial charge in [-0.05, 0) is 44.5 Å². The number of ether oxygens (including phenoxy) is 1. The molecule has 0 unspecified atom stereocenters. The Morgan fingerprint density at radius 2 is 1.88 bits per heavy atom. The number of carbonyl (C=O) groups is 2. The topological polar surface area (TPSA) is 49.9 Å². The number of hydrogen-bond acceptors (Lipinski definition) is 4. The van der Waals surface area contributed by atoms with Crippen LogP contribution < -0.4 is 0 Å². The van der Waals surface area contributed by atoms with Crippen LogP contribution in [0.25, 0.3) is 0 Å². The highest BCUT2D eigenvalue weighted by Crippen LogP contribution is 2.22. The average molecular weight is 353 g/mol. The van der Waals surface area contributed by atoms with Crippen molar-refractivity contribution < 1.29 is 14.3 Å². The van der Waals surface area contributed by atoms with Gasteiger partial charge < -0.3 is 9.64 Å². The van der Waals surface area contributed by atoms with Gasteiger partial charge in [-0.1, -0.05) is 23.7 Å². The largest absolute Gasteiger partial charge is 0.469 e. The van der Waals surface area contributed by atoms with E-state index in [4.69, 9.17) is 16.3 Å². The highest BCUT2D eigenvalue weighted by molar-refractivity contribution is 6.30. The summed E-state index contributed by atoms with van der Waals surface area (Å²) < 4.78 is 4.78. The van der Waals surface area contributed by atoms with E-state index in [-0.39, 0.29) is 23.8 Å². The molecule has 0 radical (unpaired) electrons. The van der Waals surface area contributed by atoms with Crippen LogP contribution in [0.1, 0.15) is 31.4 Å². The molecule has 2 rings (SSSR count). The van der Waals surface area contributed by atoms with Crippen LogP contribution in [0.5, 0.6) is 0 Å². The van der Waals surface area contributed by atoms with Crippen molar-refractivity contribution in [3.05, 3.63) is 34.9 Å². The Morgan fingerprint density at radius 1 is 1.29 bits per heavy atom. The SMILES string of the molecule is COC(=O)C1CCN(C(=O)CN(C)[C@@H](C)c2ccc(Cl)cc2)CC1. The number of halogens is 1. The van der Waals surface area contributed by atoms with Crippen LogP contribution in [-0.4, -0.2) is 55.5 Å². The summed E-state index contributed by atoms with van der Waals surface area (Å²) >= 11 is 5.92. The predicted molar refractivity (Wildman–Crippen MR) is 93.8 cm³/mol. The maximum absolute atomic E-state index is 12.5. The summed E-state index contributed by atoms with van der Waals surface area (Å²) in [5.74, 6) is -0.151. The Balaban J connectivity index is 1.85. The lowest BCUT2D eigenvalue weighted by molar-refractivity contribution is -0.149. The molecule has 1 aromatic carbocycles. The Bertz CT molecular complexity index is 568. The molecule has 132 valence electrons. The van der Waals surface area contributed by atoms with Gasteiger partial charge in [-0.2, -0.15) is 0 Å². The van der Waals surface area contributed by atoms with Crippen LogP contribution in [0.4, 0.5) is 0 Å². The summed E-state index contributed by atoms with van der Waals surface area (Å²) in [5, 5.41) is 0.707. The van der Waals surface area contributed by atoms with Gasteiger partial charge in [0.2, 0.25) is 5.91 Å². The van der Waals surface area contributed by atoms with Gasteiger partial charge in [0.15, 0.2) is 0 Å². The second-order valence-electron chi connectivity index (χ2n) is 6.32. The number of esters is 1. The van der Waals surface area contributed by atoms with E-state index >= 15 is 0 Å². The molecule has 0 saturated carbocycles. The maximum atomic E-state index is 12.5. The Morgan fingerprint density at radius 3 is 2.42 bits per heavy atom. The average Bonchev–Trinajstić information content (AvgIpc) is 2.61. The van der Waals surface area contributed by atoms with Crippen LogP contribution in [0.3, 0.4) is 0 Å². The van der Waals surface area contributed by atoms with Crippen LogP contribution >= 0.6 is 11.6 Å². The lowest BCUT2D eigenvalue weighted by Gasteiger charge is -2.33. The molecule has 1 atom stereocenters. The number of likely N-dealkylation sites (tertiary alicyclic amines) is 1. The molecule has 0 spiro atoms. The minimum absolute atomic E-state index is 0.0789. The molecular weight excluding hydrogens is 328 g/mol. The molecule has 1 aliphatic heterocycles. The first-order chi connectivity index (χ1) is 11.4. The summed E-state index contributed by atoms with van der Waals surface area (Å²) in [6.07, 6.45) is 1.35. The molecule has 1 saturated heterocycles. The summed E-state index contributed by atoms with van der Waals surface area (Å²) in [6, 6.07) is 7.81. The fraction of sp³-hybridized carbons (Fsp3) is 0.556. The van der Waals surface area contributed by atoms with E-state index in [0.29, 0.717) is 37.5 Å². The lowest BCUT2D eigenvalue weighted by atomic mass is 9.97. The number of hydrogen-bond donors (Lipinski definition) is 0. The van der Waals surface area contributed by atoms with Crippen molar-refractivity contribution in [2.75, 3.05) is 33.8 Å². The van der Waals surface area contributed by atoms with E-state index in [1.54, 1.807) is 0 Å². The Labute approximate surface area is 148 Å². The minimum atomic E-state index is -0.171. The quantitative estimate of drug-likeness (QED) is 0.764. The molecule has 0 bridgehead atoms. The van der Waals surface area contributed by atoms with Crippen molar-refractivity contribution in [2.45, 2.75) is 25.8 Å². The molecule has 24 heavy (non-hydrogen) atoms. The monoisotopic (exact) mass is 352 g/mol. The van der Waals surface area contributed by atoms with Crippen LogP contribution in [0, 0.1) is 5.92 Å². The first-order valence-electron chi connectivity index (χ1n) is 8.23. The zero-order chi connectivity index (χ0) is 17.7. The van der Waals surface area contributed by atoms with Crippen molar-refractivity contribution in [3.8, 4) is 0 Å². The number of amides is 1. The van der Waals surface area contributed by atoms with E-state index in [1.165, 1.54) is 7.11 Å². The van der Waals surface area contributed by atoms with Gasteiger partial charge in [0.25, 0.3) is 0 Å². The molecule has 1 fully saturated rings. The molecule has 1 amide bonds. The van der Waals surface area contributed by atoms with Gasteiger partial charge in [0.1, 0.15) is 0 Å². The predicted octanol–water partition coefficient (Wildman–Crippen LogP) is 2.74. The van der Waals surface area contributed by atoms with Crippen LogP contribution in [-0.2, 0) is 14.3 Å². The van der Waals surface area contributed by atoms with Gasteiger partial charge in [-0.3, -0.25) is 14.5 Å². The third-order valence-electron chi connectivity index (χ3n) is 4.78. The fourth-order valence-corrected chi connectivity index (χ4v) is 3.10. The summed E-state index contributed by atoms with van der Waals surface area (Å²) in [5.41, 5.74) is 1.12. The molecule has 1 aromatic rings. The molecular formula is C18H25ClN2O3. The van der Waals surface area contributed by atoms with Crippen LogP contribution in [0.2, 0.25) is 5.02 Å². The van der Waals surface area contributed by atoms with E-state index in [1.807, 2.05) is 41.1 Å². The highest BCUT2D eigenvalue weighted by Gasteiger charge is 2.28. The van der Waals surface area contributed by atoms with Crippen LogP contribution in [0.15, 0.2) is 24.3 Å². The number of benzene rings is 1. The molecule has 6 heteroatoms. The van der Waals surface area contributed by atoms with Gasteiger partial charge in [0, 0.05) is 24.2 Å². The number of likely N-dealkylation sites (N-methyl/N-ethyl adjacent to an activating group) is 1. The van der Waals surface area contributed by atoms with E-state index in [9.17, 15) is 9.59 Å². The molecule has 0 N–H and O–H groups in total. The number of methoxy groups -OCH3 is 1. The fourth-order valence-electron chi connectivity index (χ4n) is 2.98. The third-order valence-corrected chi connectivity index (χ3v) is 5.03. The number of carbonyl (C=O) groups excluding carboxylic acids is 2. The molecule has 0 aliphatic carbocycles. The smallest absolute Gasteiger partial charge is 0.308 e. The number of rotatable bonds is 5. The molecule has 5 nitrogen and oxygen atoms in total. The Kier molecular flexibility index (Phi) is 6.63. The van der Waals surface area contributed by atoms with Crippen molar-refractivity contribution in [1.82, 2.24) is 9.80 Å². The van der Waals surface area contributed by atoms with Gasteiger partial charge in [-0.15, -0.1) is 0 Å². The zero-order valence-electron chi connectivity index (χ0n) is 14.5. The normalized spacial score (nSPS) is 17.0. The number of piperidine rings is 1. The van der Waals surface area contributed by atoms with Gasteiger partial charge in [-0.25, -0.2) is 0 Å². The van der Waals surface area contributed by atoms with E-state index in [0.717, 1.165) is 5.56 Å². The van der Waals surface area contributed by atoms with Crippen molar-refractivity contribution in [1.29, 1.82) is 0 Å².